The second kappa shape index (κ2) is 11.9. The maximum Gasteiger partial charge on any atom is 0.335 e. The van der Waals surface area contributed by atoms with Crippen LogP contribution in [0.3, 0.4) is 0 Å². The summed E-state index contributed by atoms with van der Waals surface area (Å²) in [5.41, 5.74) is 1.05. The van der Waals surface area contributed by atoms with Crippen molar-refractivity contribution in [1.82, 2.24) is 14.1 Å². The van der Waals surface area contributed by atoms with Gasteiger partial charge in [0, 0.05) is 5.02 Å². The summed E-state index contributed by atoms with van der Waals surface area (Å²) < 4.78 is 13.0. The lowest BCUT2D eigenvalue weighted by Crippen LogP contribution is -2.51. The molecule has 10 heteroatoms. The molecule has 0 aliphatic heterocycles. The number of aromatic nitrogens is 3. The Labute approximate surface area is 214 Å². The first-order chi connectivity index (χ1) is 17.1. The van der Waals surface area contributed by atoms with Crippen molar-refractivity contribution in [3.8, 4) is 5.75 Å². The zero-order chi connectivity index (χ0) is 26.4. The molecule has 192 valence electrons. The summed E-state index contributed by atoms with van der Waals surface area (Å²) in [7, 11) is 1.27. The first-order valence-electron chi connectivity index (χ1n) is 11.7. The normalized spacial score (nSPS) is 12.6. The minimum atomic E-state index is -0.672. The Bertz CT molecular complexity index is 1400. The summed E-state index contributed by atoms with van der Waals surface area (Å²) in [5, 5.41) is 0.566. The average Bonchev–Trinajstić information content (AvgIpc) is 2.83. The molecule has 0 aliphatic carbocycles. The fourth-order valence-electron chi connectivity index (χ4n) is 3.76. The van der Waals surface area contributed by atoms with Crippen molar-refractivity contribution in [2.75, 3.05) is 7.11 Å². The van der Waals surface area contributed by atoms with Gasteiger partial charge in [-0.25, -0.2) is 19.1 Å². The van der Waals surface area contributed by atoms with E-state index in [2.05, 4.69) is 9.98 Å². The number of ether oxygens (including phenoxy) is 2. The molecule has 36 heavy (non-hydrogen) atoms. The lowest BCUT2D eigenvalue weighted by Gasteiger charge is -2.18. The molecule has 0 fully saturated rings. The molecule has 0 saturated heterocycles. The first-order valence-corrected chi connectivity index (χ1v) is 12.1. The van der Waals surface area contributed by atoms with Gasteiger partial charge in [0.15, 0.2) is 0 Å². The van der Waals surface area contributed by atoms with E-state index in [0.29, 0.717) is 17.1 Å². The van der Waals surface area contributed by atoms with E-state index >= 15 is 0 Å². The highest BCUT2D eigenvalue weighted by Crippen LogP contribution is 2.24. The molecule has 1 heterocycles. The van der Waals surface area contributed by atoms with E-state index in [9.17, 15) is 14.4 Å². The molecule has 0 radical (unpaired) electrons. The summed E-state index contributed by atoms with van der Waals surface area (Å²) in [6.07, 6.45) is 0.295. The predicted molar refractivity (Wildman–Crippen MR) is 138 cm³/mol. The molecule has 1 N–H and O–H groups in total. The Morgan fingerprint density at radius 2 is 1.83 bits per heavy atom. The number of aromatic amines is 1. The number of carbonyl (C=O) groups excluding carboxylic acids is 1. The van der Waals surface area contributed by atoms with Crippen LogP contribution in [0.25, 0.3) is 0 Å². The number of nitrogens with zero attached hydrogens (tertiary/aromatic N) is 3. The molecule has 3 rings (SSSR count). The van der Waals surface area contributed by atoms with Gasteiger partial charge in [0.1, 0.15) is 5.75 Å². The number of rotatable bonds is 9. The van der Waals surface area contributed by atoms with Gasteiger partial charge in [-0.15, -0.1) is 0 Å². The zero-order valence-electron chi connectivity index (χ0n) is 21.1. The fraction of sp³-hybridized carbons (Fsp3) is 0.385. The van der Waals surface area contributed by atoms with E-state index in [1.54, 1.807) is 43.3 Å². The van der Waals surface area contributed by atoms with Crippen molar-refractivity contribution in [2.45, 2.75) is 59.2 Å². The van der Waals surface area contributed by atoms with Crippen molar-refractivity contribution in [3.05, 3.63) is 85.2 Å². The smallest absolute Gasteiger partial charge is 0.335 e. The van der Waals surface area contributed by atoms with Crippen LogP contribution in [0.5, 0.6) is 5.75 Å². The molecular formula is C26H31ClN4O5. The number of H-pyrrole nitrogens is 1. The number of hydrogen-bond acceptors (Lipinski definition) is 6. The Hall–Kier alpha value is -3.59. The molecule has 0 saturated carbocycles. The van der Waals surface area contributed by atoms with Crippen LogP contribution in [-0.2, 0) is 16.1 Å². The Balaban J connectivity index is 2.19. The van der Waals surface area contributed by atoms with Crippen LogP contribution in [0.2, 0.25) is 5.02 Å². The molecule has 0 amide bonds. The van der Waals surface area contributed by atoms with Gasteiger partial charge in [-0.05, 0) is 68.7 Å². The summed E-state index contributed by atoms with van der Waals surface area (Å²) in [6.45, 7) is 7.72. The molecule has 9 nitrogen and oxygen atoms in total. The predicted octanol–water partition coefficient (Wildman–Crippen LogP) is 3.88. The van der Waals surface area contributed by atoms with Gasteiger partial charge < -0.3 is 9.47 Å². The highest BCUT2D eigenvalue weighted by molar-refractivity contribution is 6.30. The lowest BCUT2D eigenvalue weighted by molar-refractivity contribution is -0.141. The van der Waals surface area contributed by atoms with Crippen LogP contribution < -0.4 is 21.7 Å². The van der Waals surface area contributed by atoms with Gasteiger partial charge in [-0.2, -0.15) is 0 Å². The van der Waals surface area contributed by atoms with Crippen molar-refractivity contribution < 1.29 is 14.3 Å². The van der Waals surface area contributed by atoms with Crippen LogP contribution in [0.1, 0.15) is 50.8 Å². The molecule has 1 atom stereocenters. The maximum atomic E-state index is 13.6. The van der Waals surface area contributed by atoms with Gasteiger partial charge in [-0.1, -0.05) is 30.7 Å². The Kier molecular flexibility index (Phi) is 8.93. The number of aryl methyl sites for hydroxylation is 1. The standard InChI is InChI=1S/C26H31ClN4O5/c1-6-21(14-23(32)35-5)31-25(33)29-24(28-20-11-12-22(17(4)13-20)36-16(2)3)30(26(31)34)15-18-7-9-19(27)10-8-18/h7-13,16,21H,6,14-15H2,1-5H3,(H,28,29,33)/t21-/m1/s1. The largest absolute Gasteiger partial charge is 0.491 e. The number of esters is 1. The fourth-order valence-corrected chi connectivity index (χ4v) is 3.89. The highest BCUT2D eigenvalue weighted by atomic mass is 35.5. The number of hydrogen-bond donors (Lipinski definition) is 1. The maximum absolute atomic E-state index is 13.6. The van der Waals surface area contributed by atoms with Crippen LogP contribution in [0.4, 0.5) is 5.69 Å². The molecule has 0 bridgehead atoms. The lowest BCUT2D eigenvalue weighted by atomic mass is 10.1. The van der Waals surface area contributed by atoms with Crippen LogP contribution >= 0.6 is 11.6 Å². The van der Waals surface area contributed by atoms with E-state index in [1.165, 1.54) is 11.7 Å². The topological polar surface area (TPSA) is 108 Å². The number of methoxy groups -OCH3 is 1. The summed E-state index contributed by atoms with van der Waals surface area (Å²) in [5.74, 6) is 0.223. The number of halogens is 1. The van der Waals surface area contributed by atoms with Crippen molar-refractivity contribution in [2.24, 2.45) is 4.99 Å². The van der Waals surface area contributed by atoms with Gasteiger partial charge in [0.05, 0.1) is 37.9 Å². The Morgan fingerprint density at radius 1 is 1.14 bits per heavy atom. The van der Waals surface area contributed by atoms with E-state index in [4.69, 9.17) is 21.1 Å². The molecule has 2 aromatic carbocycles. The Morgan fingerprint density at radius 3 is 2.42 bits per heavy atom. The summed E-state index contributed by atoms with van der Waals surface area (Å²) in [4.78, 5) is 45.9. The van der Waals surface area contributed by atoms with E-state index < -0.39 is 23.4 Å². The molecule has 1 aromatic heterocycles. The van der Waals surface area contributed by atoms with E-state index in [0.717, 1.165) is 21.4 Å². The van der Waals surface area contributed by atoms with Crippen molar-refractivity contribution in [1.29, 1.82) is 0 Å². The second-order valence-electron chi connectivity index (χ2n) is 8.69. The number of benzene rings is 2. The van der Waals surface area contributed by atoms with Crippen molar-refractivity contribution >= 4 is 23.3 Å². The number of nitrogens with one attached hydrogen (secondary N) is 1. The minimum Gasteiger partial charge on any atom is -0.491 e. The van der Waals surface area contributed by atoms with Gasteiger partial charge >= 0.3 is 17.3 Å². The van der Waals surface area contributed by atoms with E-state index in [1.807, 2.05) is 26.8 Å². The van der Waals surface area contributed by atoms with Gasteiger partial charge in [0.2, 0.25) is 5.62 Å². The summed E-state index contributed by atoms with van der Waals surface area (Å²) in [6, 6.07) is 11.7. The van der Waals surface area contributed by atoms with Gasteiger partial charge in [-0.3, -0.25) is 14.3 Å². The van der Waals surface area contributed by atoms with Crippen LogP contribution in [-0.4, -0.2) is 33.3 Å². The van der Waals surface area contributed by atoms with Crippen LogP contribution in [0, 0.1) is 6.92 Å². The molecule has 0 aliphatic rings. The third-order valence-electron chi connectivity index (χ3n) is 5.61. The highest BCUT2D eigenvalue weighted by Gasteiger charge is 2.21. The zero-order valence-corrected chi connectivity index (χ0v) is 21.8. The molecule has 0 spiro atoms. The minimum absolute atomic E-state index is 0.0217. The third kappa shape index (κ3) is 6.54. The van der Waals surface area contributed by atoms with Crippen molar-refractivity contribution in [3.63, 3.8) is 0 Å². The number of carbonyl (C=O) groups is 1. The average molecular weight is 515 g/mol. The monoisotopic (exact) mass is 514 g/mol. The SMILES string of the molecule is CC[C@H](CC(=O)OC)n1c(=O)[nH]/c(=N\c2ccc(OC(C)C)c(C)c2)n(Cc2ccc(Cl)cc2)c1=O. The molecular weight excluding hydrogens is 484 g/mol. The van der Waals surface area contributed by atoms with Gasteiger partial charge in [0.25, 0.3) is 0 Å². The van der Waals surface area contributed by atoms with Crippen LogP contribution in [0.15, 0.2) is 57.0 Å². The van der Waals surface area contributed by atoms with E-state index in [-0.39, 0.29) is 24.7 Å². The molecule has 0 unspecified atom stereocenters. The summed E-state index contributed by atoms with van der Waals surface area (Å²) >= 11 is 6.02. The quantitative estimate of drug-likeness (QED) is 0.436. The molecule has 3 aromatic rings. The first kappa shape index (κ1) is 27.0. The second-order valence-corrected chi connectivity index (χ2v) is 9.13. The third-order valence-corrected chi connectivity index (χ3v) is 5.86.